The van der Waals surface area contributed by atoms with Crippen LogP contribution in [0.25, 0.3) is 11.0 Å². The van der Waals surface area contributed by atoms with Crippen LogP contribution < -0.4 is 15.4 Å². The Hall–Kier alpha value is -2.46. The standard InChI is InChI=1S/C14H9N2O2/c1-3-7-13-10(5-1)12(9-17-13)16-11-6-2-4-8-14(11)18-15-16/h1-8,15H. The average Bonchev–Trinajstić information content (AvgIpc) is 3.01. The maximum Gasteiger partial charge on any atom is 0.198 e. The van der Waals surface area contributed by atoms with E-state index in [9.17, 15) is 0 Å². The largest absolute Gasteiger partial charge is 0.450 e. The van der Waals surface area contributed by atoms with Crippen LogP contribution in [0.1, 0.15) is 0 Å². The highest BCUT2D eigenvalue weighted by molar-refractivity contribution is 5.93. The molecule has 2 aromatic carbocycles. The van der Waals surface area contributed by atoms with Crippen molar-refractivity contribution in [2.24, 2.45) is 0 Å². The number of nitrogens with one attached hydrogen (secondary N) is 1. The molecule has 4 rings (SSSR count). The molecule has 1 N–H and O–H groups in total. The molecule has 0 amide bonds. The molecule has 18 heavy (non-hydrogen) atoms. The highest BCUT2D eigenvalue weighted by Gasteiger charge is 2.24. The van der Waals surface area contributed by atoms with Gasteiger partial charge in [-0.25, -0.2) is 5.01 Å². The molecule has 0 aliphatic carbocycles. The Bertz CT molecular complexity index is 720. The highest BCUT2D eigenvalue weighted by atomic mass is 16.7. The van der Waals surface area contributed by atoms with Crippen LogP contribution in [0.4, 0.5) is 11.4 Å². The minimum absolute atomic E-state index is 0.788. The molecule has 4 nitrogen and oxygen atoms in total. The molecule has 1 aromatic heterocycles. The highest BCUT2D eigenvalue weighted by Crippen LogP contribution is 2.39. The Morgan fingerprint density at radius 2 is 1.83 bits per heavy atom. The number of hydrazine groups is 1. The summed E-state index contributed by atoms with van der Waals surface area (Å²) >= 11 is 0. The number of rotatable bonds is 1. The molecule has 1 radical (unpaired) electrons. The summed E-state index contributed by atoms with van der Waals surface area (Å²) in [5, 5.41) is 2.81. The van der Waals surface area contributed by atoms with Gasteiger partial charge in [-0.1, -0.05) is 29.9 Å². The molecule has 3 aromatic rings. The summed E-state index contributed by atoms with van der Waals surface area (Å²) in [6.07, 6.45) is 2.90. The van der Waals surface area contributed by atoms with Gasteiger partial charge in [0.05, 0.1) is 0 Å². The van der Waals surface area contributed by atoms with Crippen molar-refractivity contribution in [2.75, 3.05) is 5.01 Å². The average molecular weight is 237 g/mol. The summed E-state index contributed by atoms with van der Waals surface area (Å²) in [6, 6.07) is 15.6. The molecule has 0 unspecified atom stereocenters. The number of hydrogen-bond donors (Lipinski definition) is 1. The van der Waals surface area contributed by atoms with E-state index in [1.165, 1.54) is 0 Å². The maximum absolute atomic E-state index is 5.41. The molecule has 1 aliphatic rings. The zero-order valence-corrected chi connectivity index (χ0v) is 9.38. The predicted molar refractivity (Wildman–Crippen MR) is 67.4 cm³/mol. The summed E-state index contributed by atoms with van der Waals surface area (Å²) < 4.78 is 5.41. The third-order valence-corrected chi connectivity index (χ3v) is 2.98. The Balaban J connectivity index is 1.90. The molecular formula is C14H9N2O2. The van der Waals surface area contributed by atoms with Crippen molar-refractivity contribution in [3.63, 3.8) is 0 Å². The number of anilines is 2. The maximum atomic E-state index is 5.41. The van der Waals surface area contributed by atoms with Gasteiger partial charge in [0.1, 0.15) is 17.0 Å². The predicted octanol–water partition coefficient (Wildman–Crippen LogP) is 3.18. The first kappa shape index (κ1) is 9.56. The van der Waals surface area contributed by atoms with Crippen molar-refractivity contribution in [1.29, 1.82) is 0 Å². The van der Waals surface area contributed by atoms with Gasteiger partial charge in [-0.05, 0) is 24.3 Å². The molecule has 4 heteroatoms. The SMILES string of the molecule is [c]1oc2ccccc2c1N1NOc2ccccc21. The van der Waals surface area contributed by atoms with E-state index >= 15 is 0 Å². The minimum Gasteiger partial charge on any atom is -0.450 e. The Morgan fingerprint density at radius 3 is 2.83 bits per heavy atom. The molecular weight excluding hydrogens is 228 g/mol. The number of benzene rings is 2. The van der Waals surface area contributed by atoms with Gasteiger partial charge in [-0.15, -0.1) is 0 Å². The first-order chi connectivity index (χ1) is 8.93. The van der Waals surface area contributed by atoms with Crippen LogP contribution in [-0.2, 0) is 0 Å². The molecule has 0 spiro atoms. The van der Waals surface area contributed by atoms with E-state index in [0.29, 0.717) is 0 Å². The second-order valence-corrected chi connectivity index (χ2v) is 4.05. The van der Waals surface area contributed by atoms with Crippen molar-refractivity contribution in [3.8, 4) is 5.75 Å². The smallest absolute Gasteiger partial charge is 0.198 e. The molecule has 0 saturated heterocycles. The fourth-order valence-electron chi connectivity index (χ4n) is 2.11. The number of furan rings is 1. The zero-order valence-electron chi connectivity index (χ0n) is 9.38. The van der Waals surface area contributed by atoms with E-state index in [1.54, 1.807) is 0 Å². The quantitative estimate of drug-likeness (QED) is 0.705. The zero-order chi connectivity index (χ0) is 11.9. The van der Waals surface area contributed by atoms with Crippen molar-refractivity contribution in [1.82, 2.24) is 5.59 Å². The lowest BCUT2D eigenvalue weighted by Crippen LogP contribution is -2.29. The molecule has 0 bridgehead atoms. The fourth-order valence-corrected chi connectivity index (χ4v) is 2.11. The molecule has 0 saturated carbocycles. The van der Waals surface area contributed by atoms with Crippen molar-refractivity contribution in [2.45, 2.75) is 0 Å². The summed E-state index contributed by atoms with van der Waals surface area (Å²) in [4.78, 5) is 5.40. The summed E-state index contributed by atoms with van der Waals surface area (Å²) in [5.41, 5.74) is 5.42. The van der Waals surface area contributed by atoms with E-state index < -0.39 is 0 Å². The van der Waals surface area contributed by atoms with Gasteiger partial charge in [-0.3, -0.25) is 0 Å². The topological polar surface area (TPSA) is 37.6 Å². The van der Waals surface area contributed by atoms with Gasteiger partial charge in [0.25, 0.3) is 0 Å². The van der Waals surface area contributed by atoms with E-state index in [2.05, 4.69) is 11.9 Å². The van der Waals surface area contributed by atoms with E-state index in [0.717, 1.165) is 28.1 Å². The normalized spacial score (nSPS) is 13.7. The van der Waals surface area contributed by atoms with Crippen LogP contribution in [0.5, 0.6) is 5.75 Å². The summed E-state index contributed by atoms with van der Waals surface area (Å²) in [5.74, 6) is 0.788. The summed E-state index contributed by atoms with van der Waals surface area (Å²) in [6.45, 7) is 0. The first-order valence-electron chi connectivity index (χ1n) is 5.64. The van der Waals surface area contributed by atoms with Crippen LogP contribution in [0, 0.1) is 6.26 Å². The number of fused-ring (bicyclic) bond motifs is 2. The van der Waals surface area contributed by atoms with Crippen LogP contribution in [-0.4, -0.2) is 0 Å². The molecule has 87 valence electrons. The van der Waals surface area contributed by atoms with Crippen molar-refractivity contribution < 1.29 is 9.25 Å². The van der Waals surface area contributed by atoms with Gasteiger partial charge in [-0.2, -0.15) is 0 Å². The second-order valence-electron chi connectivity index (χ2n) is 4.05. The van der Waals surface area contributed by atoms with Gasteiger partial charge < -0.3 is 9.25 Å². The van der Waals surface area contributed by atoms with E-state index in [1.807, 2.05) is 53.5 Å². The lowest BCUT2D eigenvalue weighted by Gasteiger charge is -2.13. The van der Waals surface area contributed by atoms with Crippen LogP contribution in [0.2, 0.25) is 0 Å². The first-order valence-corrected chi connectivity index (χ1v) is 5.64. The second kappa shape index (κ2) is 3.51. The van der Waals surface area contributed by atoms with E-state index in [-0.39, 0.29) is 0 Å². The number of hydrogen-bond acceptors (Lipinski definition) is 4. The molecule has 2 heterocycles. The number of para-hydroxylation sites is 3. The van der Waals surface area contributed by atoms with Crippen molar-refractivity contribution >= 4 is 22.3 Å². The third-order valence-electron chi connectivity index (χ3n) is 2.98. The van der Waals surface area contributed by atoms with Crippen LogP contribution >= 0.6 is 0 Å². The Kier molecular flexibility index (Phi) is 1.87. The van der Waals surface area contributed by atoms with Crippen LogP contribution in [0.3, 0.4) is 0 Å². The lowest BCUT2D eigenvalue weighted by molar-refractivity contribution is 0.226. The Labute approximate surface area is 103 Å². The van der Waals surface area contributed by atoms with Gasteiger partial charge >= 0.3 is 0 Å². The lowest BCUT2D eigenvalue weighted by atomic mass is 10.2. The minimum atomic E-state index is 0.788. The van der Waals surface area contributed by atoms with E-state index in [4.69, 9.17) is 9.25 Å². The Morgan fingerprint density at radius 1 is 1.00 bits per heavy atom. The number of nitrogens with zero attached hydrogens (tertiary/aromatic N) is 1. The fraction of sp³-hybridized carbons (Fsp3) is 0. The molecule has 1 aliphatic heterocycles. The van der Waals surface area contributed by atoms with Crippen molar-refractivity contribution in [3.05, 3.63) is 54.8 Å². The van der Waals surface area contributed by atoms with Crippen LogP contribution in [0.15, 0.2) is 52.9 Å². The van der Waals surface area contributed by atoms with Gasteiger partial charge in [0, 0.05) is 5.39 Å². The van der Waals surface area contributed by atoms with Gasteiger partial charge in [0.2, 0.25) is 0 Å². The molecule has 0 fully saturated rings. The molecule has 0 atom stereocenters. The summed E-state index contributed by atoms with van der Waals surface area (Å²) in [7, 11) is 0. The third kappa shape index (κ3) is 1.23. The monoisotopic (exact) mass is 237 g/mol. The van der Waals surface area contributed by atoms with Gasteiger partial charge in [0.15, 0.2) is 12.0 Å².